The van der Waals surface area contributed by atoms with Crippen LogP contribution in [-0.2, 0) is 22.1 Å². The molecule has 1 aromatic heterocycles. The largest absolute Gasteiger partial charge is 0.443 e. The summed E-state index contributed by atoms with van der Waals surface area (Å²) in [5.74, 6) is 1.77. The topological polar surface area (TPSA) is 101 Å². The van der Waals surface area contributed by atoms with Gasteiger partial charge in [-0.25, -0.2) is 14.8 Å². The minimum Gasteiger partial charge on any atom is -0.443 e. The second kappa shape index (κ2) is 13.0. The van der Waals surface area contributed by atoms with E-state index in [2.05, 4.69) is 25.7 Å². The lowest BCUT2D eigenvalue weighted by Crippen LogP contribution is -2.37. The maximum Gasteiger partial charge on any atom is 0.416 e. The summed E-state index contributed by atoms with van der Waals surface area (Å²) in [6, 6.07) is 14.1. The molecule has 0 atom stereocenters. The molecule has 2 aromatic carbocycles. The van der Waals surface area contributed by atoms with E-state index in [0.717, 1.165) is 29.1 Å². The van der Waals surface area contributed by atoms with E-state index in [0.29, 0.717) is 50.8 Å². The van der Waals surface area contributed by atoms with Crippen LogP contribution in [0.25, 0.3) is 0 Å². The molecule has 1 aliphatic heterocycles. The second-order valence-corrected chi connectivity index (χ2v) is 10.3. The lowest BCUT2D eigenvalue weighted by molar-refractivity contribution is -0.137. The Labute approximate surface area is 236 Å². The van der Waals surface area contributed by atoms with Crippen molar-refractivity contribution < 1.29 is 27.4 Å². The number of hydrazone groups is 1. The Kier molecular flexibility index (Phi) is 9.43. The Bertz CT molecular complexity index is 1370. The first-order valence-electron chi connectivity index (χ1n) is 13.2. The molecule has 41 heavy (non-hydrogen) atoms. The second-order valence-electron chi connectivity index (χ2n) is 10.3. The number of nitrogens with one attached hydrogen (secondary N) is 2. The number of carbonyl (C=O) groups is 1. The summed E-state index contributed by atoms with van der Waals surface area (Å²) in [4.78, 5) is 23.9. The summed E-state index contributed by atoms with van der Waals surface area (Å²) in [5, 5.41) is 6.71. The number of morpholine rings is 1. The molecule has 0 aliphatic carbocycles. The zero-order valence-corrected chi connectivity index (χ0v) is 23.2. The molecule has 12 heteroatoms. The molecule has 0 saturated carbocycles. The number of alkyl halides is 3. The normalized spacial score (nSPS) is 14.2. The molecule has 9 nitrogen and oxygen atoms in total. The Hall–Kier alpha value is -4.19. The van der Waals surface area contributed by atoms with Gasteiger partial charge in [0.25, 0.3) is 0 Å². The van der Waals surface area contributed by atoms with Gasteiger partial charge < -0.3 is 14.4 Å². The van der Waals surface area contributed by atoms with Gasteiger partial charge in [0.2, 0.25) is 0 Å². The van der Waals surface area contributed by atoms with Gasteiger partial charge in [-0.3, -0.25) is 10.7 Å². The van der Waals surface area contributed by atoms with Gasteiger partial charge in [-0.05, 0) is 51.0 Å². The third-order valence-corrected chi connectivity index (χ3v) is 6.28. The minimum atomic E-state index is -4.52. The first-order valence-corrected chi connectivity index (χ1v) is 13.2. The van der Waals surface area contributed by atoms with Crippen molar-refractivity contribution in [3.05, 3.63) is 77.1 Å². The van der Waals surface area contributed by atoms with Crippen molar-refractivity contribution in [3.8, 4) is 0 Å². The van der Waals surface area contributed by atoms with Crippen molar-refractivity contribution in [2.75, 3.05) is 41.9 Å². The Morgan fingerprint density at radius 3 is 2.59 bits per heavy atom. The van der Waals surface area contributed by atoms with Crippen LogP contribution in [0.4, 0.5) is 35.3 Å². The van der Waals surface area contributed by atoms with Crippen molar-refractivity contribution in [2.45, 2.75) is 45.4 Å². The highest BCUT2D eigenvalue weighted by atomic mass is 19.4. The first kappa shape index (κ1) is 29.8. The van der Waals surface area contributed by atoms with E-state index < -0.39 is 23.4 Å². The molecule has 0 bridgehead atoms. The molecule has 4 rings (SSSR count). The van der Waals surface area contributed by atoms with Gasteiger partial charge in [0.15, 0.2) is 5.82 Å². The molecular formula is C29H33F3N6O3. The molecule has 2 N–H and O–H groups in total. The summed E-state index contributed by atoms with van der Waals surface area (Å²) in [7, 11) is 0. The highest BCUT2D eigenvalue weighted by Crippen LogP contribution is 2.31. The van der Waals surface area contributed by atoms with Gasteiger partial charge in [0.05, 0.1) is 25.0 Å². The fourth-order valence-corrected chi connectivity index (χ4v) is 4.16. The van der Waals surface area contributed by atoms with Gasteiger partial charge in [-0.2, -0.15) is 18.3 Å². The van der Waals surface area contributed by atoms with E-state index in [4.69, 9.17) is 14.5 Å². The molecule has 1 saturated heterocycles. The first-order chi connectivity index (χ1) is 19.5. The fourth-order valence-electron chi connectivity index (χ4n) is 4.16. The maximum atomic E-state index is 13.0. The van der Waals surface area contributed by atoms with Crippen LogP contribution in [0.3, 0.4) is 0 Å². The predicted molar refractivity (Wildman–Crippen MR) is 151 cm³/mol. The Morgan fingerprint density at radius 1 is 1.10 bits per heavy atom. The molecule has 0 radical (unpaired) electrons. The third-order valence-electron chi connectivity index (χ3n) is 6.28. The van der Waals surface area contributed by atoms with E-state index >= 15 is 0 Å². The van der Waals surface area contributed by atoms with E-state index in [1.54, 1.807) is 20.1 Å². The number of hydrogen-bond donors (Lipinski definition) is 2. The van der Waals surface area contributed by atoms with E-state index in [1.165, 1.54) is 12.1 Å². The highest BCUT2D eigenvalue weighted by molar-refractivity contribution is 5.85. The van der Waals surface area contributed by atoms with Gasteiger partial charge >= 0.3 is 12.3 Å². The third kappa shape index (κ3) is 9.17. The standard InChI is InChI=1S/C29H33F3N6O3/c1-20-6-4-7-21(16-20)19-33-37-25-18-26(38-12-14-40-15-13-38)36-24(35-25)10-11-28(2,3)41-27(39)34-23-9-5-8-22(17-23)29(30,31)32/h4-9,16-19H,10-15H2,1-3H3,(H,34,39)(H,35,36,37). The summed E-state index contributed by atoms with van der Waals surface area (Å²) >= 11 is 0. The number of aryl methyl sites for hydroxylation is 2. The Morgan fingerprint density at radius 2 is 1.85 bits per heavy atom. The van der Waals surface area contributed by atoms with Crippen LogP contribution >= 0.6 is 0 Å². The number of amides is 1. The van der Waals surface area contributed by atoms with E-state index in [-0.39, 0.29) is 5.69 Å². The number of anilines is 3. The lowest BCUT2D eigenvalue weighted by atomic mass is 10.0. The molecule has 1 fully saturated rings. The van der Waals surface area contributed by atoms with Gasteiger partial charge in [-0.1, -0.05) is 35.9 Å². The van der Waals surface area contributed by atoms with Crippen LogP contribution < -0.4 is 15.6 Å². The van der Waals surface area contributed by atoms with Gasteiger partial charge in [-0.15, -0.1) is 0 Å². The zero-order valence-electron chi connectivity index (χ0n) is 23.2. The van der Waals surface area contributed by atoms with E-state index in [1.807, 2.05) is 37.3 Å². The van der Waals surface area contributed by atoms with Crippen LogP contribution in [0, 0.1) is 6.92 Å². The molecule has 0 unspecified atom stereocenters. The smallest absolute Gasteiger partial charge is 0.416 e. The number of halogens is 3. The molecule has 1 aliphatic rings. The van der Waals surface area contributed by atoms with Crippen LogP contribution in [0.2, 0.25) is 0 Å². The monoisotopic (exact) mass is 570 g/mol. The summed E-state index contributed by atoms with van der Waals surface area (Å²) in [6.45, 7) is 8.01. The van der Waals surface area contributed by atoms with Crippen molar-refractivity contribution in [3.63, 3.8) is 0 Å². The summed E-state index contributed by atoms with van der Waals surface area (Å²) in [5.41, 5.74) is 3.23. The molecule has 3 aromatic rings. The number of aromatic nitrogens is 2. The number of ether oxygens (including phenoxy) is 2. The Balaban J connectivity index is 1.42. The number of carbonyl (C=O) groups excluding carboxylic acids is 1. The van der Waals surface area contributed by atoms with Crippen molar-refractivity contribution in [1.29, 1.82) is 0 Å². The quantitative estimate of drug-likeness (QED) is 0.239. The van der Waals surface area contributed by atoms with Gasteiger partial charge in [0.1, 0.15) is 17.2 Å². The maximum absolute atomic E-state index is 13.0. The molecule has 0 spiro atoms. The SMILES string of the molecule is Cc1cccc(C=NNc2cc(N3CCOCC3)nc(CCC(C)(C)OC(=O)Nc3cccc(C(F)(F)F)c3)n2)c1. The van der Waals surface area contributed by atoms with Crippen LogP contribution in [-0.4, -0.2) is 54.2 Å². The van der Waals surface area contributed by atoms with Gasteiger partial charge in [0, 0.05) is 31.3 Å². The summed E-state index contributed by atoms with van der Waals surface area (Å²) < 4.78 is 50.0. The highest BCUT2D eigenvalue weighted by Gasteiger charge is 2.31. The number of nitrogens with zero attached hydrogens (tertiary/aromatic N) is 4. The van der Waals surface area contributed by atoms with Crippen LogP contribution in [0.1, 0.15) is 42.8 Å². The lowest BCUT2D eigenvalue weighted by Gasteiger charge is -2.28. The predicted octanol–water partition coefficient (Wildman–Crippen LogP) is 6.05. The number of hydrogen-bond acceptors (Lipinski definition) is 8. The van der Waals surface area contributed by atoms with E-state index in [9.17, 15) is 18.0 Å². The molecule has 1 amide bonds. The zero-order chi connectivity index (χ0) is 29.5. The molecular weight excluding hydrogens is 537 g/mol. The number of rotatable bonds is 9. The van der Waals surface area contributed by atoms with Crippen molar-refractivity contribution in [1.82, 2.24) is 9.97 Å². The molecule has 2 heterocycles. The van der Waals surface area contributed by atoms with Crippen LogP contribution in [0.15, 0.2) is 59.7 Å². The minimum absolute atomic E-state index is 0.0101. The average Bonchev–Trinajstić information content (AvgIpc) is 2.92. The average molecular weight is 571 g/mol. The fraction of sp³-hybridized carbons (Fsp3) is 0.379. The van der Waals surface area contributed by atoms with Crippen molar-refractivity contribution >= 4 is 29.6 Å². The number of benzene rings is 2. The van der Waals surface area contributed by atoms with Crippen molar-refractivity contribution in [2.24, 2.45) is 5.10 Å². The summed E-state index contributed by atoms with van der Waals surface area (Å²) in [6.07, 6.45) is -2.93. The molecule has 218 valence electrons. The van der Waals surface area contributed by atoms with Crippen LogP contribution in [0.5, 0.6) is 0 Å².